The average molecular weight is 394 g/mol. The first kappa shape index (κ1) is 19.4. The zero-order valence-electron chi connectivity index (χ0n) is 15.4. The van der Waals surface area contributed by atoms with E-state index in [2.05, 4.69) is 10.4 Å². The Bertz CT molecular complexity index is 996. The fraction of sp³-hybridized carbons (Fsp3) is 0.190. The van der Waals surface area contributed by atoms with E-state index in [1.54, 1.807) is 24.3 Å². The highest BCUT2D eigenvalue weighted by Crippen LogP contribution is 2.31. The van der Waals surface area contributed by atoms with E-state index >= 15 is 0 Å². The van der Waals surface area contributed by atoms with Gasteiger partial charge in [0.2, 0.25) is 6.10 Å². The molecule has 1 atom stereocenters. The molecular weight excluding hydrogens is 376 g/mol. The van der Waals surface area contributed by atoms with Gasteiger partial charge in [0.15, 0.2) is 0 Å². The minimum Gasteiger partial charge on any atom is -0.487 e. The Morgan fingerprint density at radius 1 is 1.25 bits per heavy atom. The van der Waals surface area contributed by atoms with Crippen LogP contribution in [-0.4, -0.2) is 17.5 Å². The first-order valence-corrected chi connectivity index (χ1v) is 9.32. The number of carbonyl (C=O) groups is 1. The van der Waals surface area contributed by atoms with Crippen molar-refractivity contribution in [2.75, 3.05) is 7.11 Å². The van der Waals surface area contributed by atoms with Crippen molar-refractivity contribution < 1.29 is 19.0 Å². The summed E-state index contributed by atoms with van der Waals surface area (Å²) in [5.74, 6) is 0.208. The molecule has 1 unspecified atom stereocenters. The summed E-state index contributed by atoms with van der Waals surface area (Å²) in [5.41, 5.74) is 2.66. The zero-order valence-corrected chi connectivity index (χ0v) is 16.2. The maximum Gasteiger partial charge on any atom is 0.351 e. The third-order valence-electron chi connectivity index (χ3n) is 4.08. The van der Waals surface area contributed by atoms with Crippen molar-refractivity contribution in [1.29, 1.82) is 5.26 Å². The van der Waals surface area contributed by atoms with Crippen molar-refractivity contribution in [3.63, 3.8) is 0 Å². The molecule has 0 aliphatic heterocycles. The normalized spacial score (nSPS) is 11.3. The summed E-state index contributed by atoms with van der Waals surface area (Å²) in [4.78, 5) is 12.4. The Labute approximate surface area is 167 Å². The van der Waals surface area contributed by atoms with Crippen LogP contribution in [0.5, 0.6) is 11.5 Å². The van der Waals surface area contributed by atoms with Crippen LogP contribution in [-0.2, 0) is 16.1 Å². The van der Waals surface area contributed by atoms with Gasteiger partial charge in [-0.3, -0.25) is 0 Å². The van der Waals surface area contributed by atoms with E-state index in [1.807, 2.05) is 36.6 Å². The molecule has 7 heteroatoms. The van der Waals surface area contributed by atoms with Gasteiger partial charge in [0.25, 0.3) is 0 Å². The monoisotopic (exact) mass is 394 g/mol. The summed E-state index contributed by atoms with van der Waals surface area (Å²) in [6.07, 6.45) is -0.993. The van der Waals surface area contributed by atoms with Gasteiger partial charge in [-0.2, -0.15) is 9.64 Å². The zero-order chi connectivity index (χ0) is 19.9. The van der Waals surface area contributed by atoms with Crippen LogP contribution >= 0.6 is 11.5 Å². The van der Waals surface area contributed by atoms with E-state index in [4.69, 9.17) is 14.2 Å². The number of methoxy groups -OCH3 is 1. The standard InChI is InChI=1S/C21H18N2O4S/c1-14-5-3-4-6-18(14)20(21(24)25-2)27-19-11-17(8-7-15(19)12-22)26-13-16-9-10-28-23-16/h3-11,20H,13H2,1-2H3. The number of esters is 1. The Balaban J connectivity index is 1.89. The molecule has 0 aliphatic carbocycles. The van der Waals surface area contributed by atoms with Gasteiger partial charge in [-0.25, -0.2) is 4.79 Å². The number of aromatic nitrogens is 1. The van der Waals surface area contributed by atoms with E-state index in [9.17, 15) is 10.1 Å². The van der Waals surface area contributed by atoms with Crippen molar-refractivity contribution in [1.82, 2.24) is 4.37 Å². The smallest absolute Gasteiger partial charge is 0.351 e. The molecule has 3 aromatic rings. The van der Waals surface area contributed by atoms with E-state index in [-0.39, 0.29) is 5.75 Å². The molecular formula is C21H18N2O4S. The van der Waals surface area contributed by atoms with Gasteiger partial charge in [0.1, 0.15) is 24.2 Å². The summed E-state index contributed by atoms with van der Waals surface area (Å²) in [5, 5.41) is 11.3. The number of ether oxygens (including phenoxy) is 3. The lowest BCUT2D eigenvalue weighted by Gasteiger charge is -2.20. The second-order valence-electron chi connectivity index (χ2n) is 5.93. The van der Waals surface area contributed by atoms with E-state index in [1.165, 1.54) is 18.6 Å². The number of benzene rings is 2. The Hall–Kier alpha value is -3.37. The van der Waals surface area contributed by atoms with E-state index in [0.29, 0.717) is 23.5 Å². The molecule has 142 valence electrons. The lowest BCUT2D eigenvalue weighted by atomic mass is 10.0. The van der Waals surface area contributed by atoms with Gasteiger partial charge in [-0.05, 0) is 42.2 Å². The van der Waals surface area contributed by atoms with Crippen LogP contribution in [0.2, 0.25) is 0 Å². The highest BCUT2D eigenvalue weighted by atomic mass is 32.1. The molecule has 6 nitrogen and oxygen atoms in total. The van der Waals surface area contributed by atoms with Crippen LogP contribution < -0.4 is 9.47 Å². The first-order chi connectivity index (χ1) is 13.6. The van der Waals surface area contributed by atoms with Crippen LogP contribution in [0.15, 0.2) is 53.9 Å². The molecule has 0 aliphatic rings. The number of carbonyl (C=O) groups excluding carboxylic acids is 1. The largest absolute Gasteiger partial charge is 0.487 e. The number of rotatable bonds is 7. The predicted octanol–water partition coefficient (Wildman–Crippen LogP) is 4.20. The molecule has 0 bridgehead atoms. The molecule has 0 radical (unpaired) electrons. The molecule has 1 heterocycles. The lowest BCUT2D eigenvalue weighted by Crippen LogP contribution is -2.21. The van der Waals surface area contributed by atoms with E-state index < -0.39 is 12.1 Å². The summed E-state index contributed by atoms with van der Waals surface area (Å²) in [6.45, 7) is 2.18. The number of nitriles is 1. The summed E-state index contributed by atoms with van der Waals surface area (Å²) >= 11 is 1.35. The minimum absolute atomic E-state index is 0.247. The fourth-order valence-corrected chi connectivity index (χ4v) is 3.13. The van der Waals surface area contributed by atoms with Crippen LogP contribution in [0.25, 0.3) is 0 Å². The Morgan fingerprint density at radius 3 is 2.75 bits per heavy atom. The summed E-state index contributed by atoms with van der Waals surface area (Å²) in [7, 11) is 1.30. The molecule has 0 N–H and O–H groups in total. The fourth-order valence-electron chi connectivity index (χ4n) is 2.61. The quantitative estimate of drug-likeness (QED) is 0.559. The number of aryl methyl sites for hydroxylation is 1. The lowest BCUT2D eigenvalue weighted by molar-refractivity contribution is -0.149. The molecule has 0 spiro atoms. The van der Waals surface area contributed by atoms with Gasteiger partial charge < -0.3 is 14.2 Å². The number of hydrogen-bond donors (Lipinski definition) is 0. The van der Waals surface area contributed by atoms with Crippen molar-refractivity contribution in [3.8, 4) is 17.6 Å². The van der Waals surface area contributed by atoms with Gasteiger partial charge in [0.05, 0.1) is 18.4 Å². The topological polar surface area (TPSA) is 81.4 Å². The van der Waals surface area contributed by atoms with Crippen LogP contribution in [0.4, 0.5) is 0 Å². The third kappa shape index (κ3) is 4.48. The average Bonchev–Trinajstić information content (AvgIpc) is 3.24. The summed E-state index contributed by atoms with van der Waals surface area (Å²) in [6, 6.07) is 16.2. The van der Waals surface area contributed by atoms with Gasteiger partial charge in [-0.15, -0.1) is 0 Å². The molecule has 0 fully saturated rings. The molecule has 2 aromatic carbocycles. The maximum absolute atomic E-state index is 12.4. The predicted molar refractivity (Wildman–Crippen MR) is 104 cm³/mol. The Morgan fingerprint density at radius 2 is 2.07 bits per heavy atom. The summed E-state index contributed by atoms with van der Waals surface area (Å²) < 4.78 is 20.8. The van der Waals surface area contributed by atoms with Crippen molar-refractivity contribution in [2.45, 2.75) is 19.6 Å². The SMILES string of the molecule is COC(=O)C(Oc1cc(OCc2ccsn2)ccc1C#N)c1ccccc1C. The Kier molecular flexibility index (Phi) is 6.25. The molecule has 28 heavy (non-hydrogen) atoms. The van der Waals surface area contributed by atoms with Crippen LogP contribution in [0, 0.1) is 18.3 Å². The molecule has 0 saturated heterocycles. The number of nitrogens with zero attached hydrogens (tertiary/aromatic N) is 2. The van der Waals surface area contributed by atoms with Crippen molar-refractivity contribution >= 4 is 17.5 Å². The third-order valence-corrected chi connectivity index (χ3v) is 4.68. The number of hydrogen-bond acceptors (Lipinski definition) is 7. The molecule has 0 saturated carbocycles. The van der Waals surface area contributed by atoms with Gasteiger partial charge in [-0.1, -0.05) is 24.3 Å². The van der Waals surface area contributed by atoms with Crippen LogP contribution in [0.1, 0.15) is 28.5 Å². The molecule has 0 amide bonds. The highest BCUT2D eigenvalue weighted by Gasteiger charge is 2.26. The first-order valence-electron chi connectivity index (χ1n) is 8.48. The molecule has 1 aromatic heterocycles. The maximum atomic E-state index is 12.4. The van der Waals surface area contributed by atoms with Crippen molar-refractivity contribution in [2.24, 2.45) is 0 Å². The second-order valence-corrected chi connectivity index (χ2v) is 6.59. The van der Waals surface area contributed by atoms with Gasteiger partial charge >= 0.3 is 5.97 Å². The highest BCUT2D eigenvalue weighted by molar-refractivity contribution is 7.03. The van der Waals surface area contributed by atoms with Crippen LogP contribution in [0.3, 0.4) is 0 Å². The second kappa shape index (κ2) is 9.02. The van der Waals surface area contributed by atoms with Gasteiger partial charge in [0, 0.05) is 17.0 Å². The molecule has 3 rings (SSSR count). The minimum atomic E-state index is -0.993. The van der Waals surface area contributed by atoms with Crippen molar-refractivity contribution in [3.05, 3.63) is 76.3 Å². The van der Waals surface area contributed by atoms with E-state index in [0.717, 1.165) is 11.3 Å².